The summed E-state index contributed by atoms with van der Waals surface area (Å²) >= 11 is 0. The molecule has 3 aromatic rings. The van der Waals surface area contributed by atoms with E-state index in [0.717, 1.165) is 27.5 Å². The highest BCUT2D eigenvalue weighted by molar-refractivity contribution is 6.31. The van der Waals surface area contributed by atoms with Crippen LogP contribution in [0.15, 0.2) is 66.2 Å². The SMILES string of the molecule is Cc1cc(/C=C2/C(=O)NC(=O)N(CCc3ccccc3)C2=O)c(C)n1-c1ccc(F)cc1. The number of halogens is 1. The molecule has 1 N–H and O–H groups in total. The zero-order valence-corrected chi connectivity index (χ0v) is 17.8. The second-order valence-electron chi connectivity index (χ2n) is 7.65. The van der Waals surface area contributed by atoms with Gasteiger partial charge in [-0.25, -0.2) is 9.18 Å². The van der Waals surface area contributed by atoms with E-state index in [4.69, 9.17) is 0 Å². The van der Waals surface area contributed by atoms with Crippen LogP contribution in [-0.4, -0.2) is 33.9 Å². The Morgan fingerprint density at radius 2 is 1.66 bits per heavy atom. The average Bonchev–Trinajstić information content (AvgIpc) is 3.05. The van der Waals surface area contributed by atoms with E-state index in [-0.39, 0.29) is 17.9 Å². The predicted octanol–water partition coefficient (Wildman–Crippen LogP) is 3.94. The van der Waals surface area contributed by atoms with Gasteiger partial charge in [0.15, 0.2) is 0 Å². The molecule has 162 valence electrons. The van der Waals surface area contributed by atoms with Gasteiger partial charge < -0.3 is 4.57 Å². The van der Waals surface area contributed by atoms with Crippen LogP contribution in [0.4, 0.5) is 9.18 Å². The Kier molecular flexibility index (Phi) is 5.73. The van der Waals surface area contributed by atoms with Crippen LogP contribution in [0.2, 0.25) is 0 Å². The van der Waals surface area contributed by atoms with E-state index >= 15 is 0 Å². The number of barbiturate groups is 1. The molecule has 0 atom stereocenters. The van der Waals surface area contributed by atoms with Crippen LogP contribution in [0.3, 0.4) is 0 Å². The fourth-order valence-electron chi connectivity index (χ4n) is 3.86. The fourth-order valence-corrected chi connectivity index (χ4v) is 3.86. The Morgan fingerprint density at radius 3 is 2.34 bits per heavy atom. The summed E-state index contributed by atoms with van der Waals surface area (Å²) in [5.74, 6) is -1.67. The summed E-state index contributed by atoms with van der Waals surface area (Å²) < 4.78 is 15.2. The molecule has 2 aromatic carbocycles. The normalized spacial score (nSPS) is 15.4. The van der Waals surface area contributed by atoms with Crippen LogP contribution in [0.5, 0.6) is 0 Å². The minimum absolute atomic E-state index is 0.1000. The molecule has 1 aromatic heterocycles. The van der Waals surface area contributed by atoms with Crippen molar-refractivity contribution >= 4 is 23.9 Å². The first-order valence-electron chi connectivity index (χ1n) is 10.2. The van der Waals surface area contributed by atoms with E-state index in [2.05, 4.69) is 5.32 Å². The minimum atomic E-state index is -0.720. The molecule has 0 bridgehead atoms. The molecule has 1 fully saturated rings. The maximum Gasteiger partial charge on any atom is 0.331 e. The number of nitrogens with zero attached hydrogens (tertiary/aromatic N) is 2. The van der Waals surface area contributed by atoms with Crippen LogP contribution in [-0.2, 0) is 16.0 Å². The lowest BCUT2D eigenvalue weighted by Gasteiger charge is -2.26. The highest BCUT2D eigenvalue weighted by atomic mass is 19.1. The second-order valence-corrected chi connectivity index (χ2v) is 7.65. The van der Waals surface area contributed by atoms with Gasteiger partial charge in [-0.3, -0.25) is 19.8 Å². The topological polar surface area (TPSA) is 71.4 Å². The van der Waals surface area contributed by atoms with Crippen molar-refractivity contribution in [3.63, 3.8) is 0 Å². The summed E-state index contributed by atoms with van der Waals surface area (Å²) in [4.78, 5) is 38.8. The first kappa shape index (κ1) is 21.2. The standard InChI is InChI=1S/C25H22FN3O3/c1-16-14-19(17(2)29(16)21-10-8-20(26)9-11-21)15-22-23(30)27-25(32)28(24(22)31)13-12-18-6-4-3-5-7-18/h3-11,14-15H,12-13H2,1-2H3,(H,27,30,32)/b22-15-. The van der Waals surface area contributed by atoms with E-state index < -0.39 is 17.8 Å². The number of aromatic nitrogens is 1. The van der Waals surface area contributed by atoms with E-state index in [1.54, 1.807) is 12.1 Å². The van der Waals surface area contributed by atoms with Gasteiger partial charge in [0.1, 0.15) is 11.4 Å². The largest absolute Gasteiger partial charge is 0.331 e. The monoisotopic (exact) mass is 431 g/mol. The zero-order valence-electron chi connectivity index (χ0n) is 17.8. The molecule has 0 radical (unpaired) electrons. The molecule has 1 aliphatic heterocycles. The maximum absolute atomic E-state index is 13.3. The summed E-state index contributed by atoms with van der Waals surface area (Å²) in [6.07, 6.45) is 1.99. The Hall–Kier alpha value is -4.00. The predicted molar refractivity (Wildman–Crippen MR) is 119 cm³/mol. The van der Waals surface area contributed by atoms with E-state index in [1.807, 2.05) is 54.8 Å². The van der Waals surface area contributed by atoms with Crippen LogP contribution in [0.25, 0.3) is 11.8 Å². The van der Waals surface area contributed by atoms with Crippen LogP contribution >= 0.6 is 0 Å². The molecular formula is C25H22FN3O3. The summed E-state index contributed by atoms with van der Waals surface area (Å²) in [5, 5.41) is 2.26. The lowest BCUT2D eigenvalue weighted by atomic mass is 10.1. The fraction of sp³-hybridized carbons (Fsp3) is 0.160. The van der Waals surface area contributed by atoms with Gasteiger partial charge in [0.25, 0.3) is 11.8 Å². The average molecular weight is 431 g/mol. The number of benzene rings is 2. The molecule has 4 amide bonds. The van der Waals surface area contributed by atoms with Crippen molar-refractivity contribution in [2.24, 2.45) is 0 Å². The zero-order chi connectivity index (χ0) is 22.8. The Labute approximate surface area is 185 Å². The first-order chi connectivity index (χ1) is 15.3. The Bertz CT molecular complexity index is 1230. The molecule has 1 aliphatic rings. The third kappa shape index (κ3) is 4.09. The van der Waals surface area contributed by atoms with Gasteiger partial charge in [-0.1, -0.05) is 30.3 Å². The van der Waals surface area contributed by atoms with Gasteiger partial charge in [0.05, 0.1) is 0 Å². The number of nitrogens with one attached hydrogen (secondary N) is 1. The number of urea groups is 1. The quantitative estimate of drug-likeness (QED) is 0.491. The smallest absolute Gasteiger partial charge is 0.318 e. The molecule has 7 heteroatoms. The highest BCUT2D eigenvalue weighted by Gasteiger charge is 2.35. The Balaban J connectivity index is 1.63. The van der Waals surface area contributed by atoms with Gasteiger partial charge in [-0.15, -0.1) is 0 Å². The van der Waals surface area contributed by atoms with Crippen molar-refractivity contribution in [2.75, 3.05) is 6.54 Å². The molecule has 6 nitrogen and oxygen atoms in total. The molecule has 1 saturated heterocycles. The molecule has 2 heterocycles. The van der Waals surface area contributed by atoms with Crippen molar-refractivity contribution in [1.82, 2.24) is 14.8 Å². The van der Waals surface area contributed by atoms with Gasteiger partial charge in [-0.05, 0) is 67.8 Å². The van der Waals surface area contributed by atoms with Crippen molar-refractivity contribution in [3.05, 3.63) is 94.6 Å². The number of rotatable bonds is 5. The van der Waals surface area contributed by atoms with Crippen LogP contribution < -0.4 is 5.32 Å². The molecule has 4 rings (SSSR count). The lowest BCUT2D eigenvalue weighted by molar-refractivity contribution is -0.130. The van der Waals surface area contributed by atoms with E-state index in [1.165, 1.54) is 18.2 Å². The molecular weight excluding hydrogens is 409 g/mol. The number of hydrogen-bond acceptors (Lipinski definition) is 3. The third-order valence-electron chi connectivity index (χ3n) is 5.51. The maximum atomic E-state index is 13.3. The lowest BCUT2D eigenvalue weighted by Crippen LogP contribution is -2.54. The van der Waals surface area contributed by atoms with E-state index in [0.29, 0.717) is 12.0 Å². The van der Waals surface area contributed by atoms with Crippen LogP contribution in [0.1, 0.15) is 22.5 Å². The molecule has 0 spiro atoms. The number of aryl methyl sites for hydroxylation is 1. The van der Waals surface area contributed by atoms with Gasteiger partial charge >= 0.3 is 6.03 Å². The minimum Gasteiger partial charge on any atom is -0.318 e. The first-order valence-corrected chi connectivity index (χ1v) is 10.2. The highest BCUT2D eigenvalue weighted by Crippen LogP contribution is 2.24. The van der Waals surface area contributed by atoms with Crippen molar-refractivity contribution in [1.29, 1.82) is 0 Å². The summed E-state index contributed by atoms with van der Waals surface area (Å²) in [6.45, 7) is 3.90. The number of imide groups is 2. The van der Waals surface area contributed by atoms with Crippen molar-refractivity contribution in [3.8, 4) is 5.69 Å². The molecule has 0 unspecified atom stereocenters. The number of hydrogen-bond donors (Lipinski definition) is 1. The van der Waals surface area contributed by atoms with Crippen molar-refractivity contribution in [2.45, 2.75) is 20.3 Å². The number of carbonyl (C=O) groups is 3. The third-order valence-corrected chi connectivity index (χ3v) is 5.51. The van der Waals surface area contributed by atoms with Gasteiger partial charge in [-0.2, -0.15) is 0 Å². The van der Waals surface area contributed by atoms with Gasteiger partial charge in [0.2, 0.25) is 0 Å². The summed E-state index contributed by atoms with van der Waals surface area (Å²) in [7, 11) is 0. The van der Waals surface area contributed by atoms with E-state index in [9.17, 15) is 18.8 Å². The molecule has 32 heavy (non-hydrogen) atoms. The summed E-state index contributed by atoms with van der Waals surface area (Å²) in [5.41, 5.74) is 3.97. The van der Waals surface area contributed by atoms with Crippen molar-refractivity contribution < 1.29 is 18.8 Å². The van der Waals surface area contributed by atoms with Gasteiger partial charge in [0, 0.05) is 23.6 Å². The molecule has 0 saturated carbocycles. The number of carbonyl (C=O) groups excluding carboxylic acids is 3. The Morgan fingerprint density at radius 1 is 0.969 bits per heavy atom. The number of amides is 4. The molecule has 0 aliphatic carbocycles. The summed E-state index contributed by atoms with van der Waals surface area (Å²) in [6, 6.07) is 16.7. The second kappa shape index (κ2) is 8.63. The van der Waals surface area contributed by atoms with Crippen LogP contribution in [0, 0.1) is 19.7 Å².